The van der Waals surface area contributed by atoms with Gasteiger partial charge in [0, 0.05) is 11.8 Å². The second-order valence-electron chi connectivity index (χ2n) is 5.77. The van der Waals surface area contributed by atoms with Crippen molar-refractivity contribution >= 4 is 16.9 Å². The molecule has 2 aliphatic rings. The molecular formula is C12H22N2S. The molecular weight excluding hydrogens is 204 g/mol. The van der Waals surface area contributed by atoms with Crippen LogP contribution >= 0.6 is 11.8 Å². The molecule has 2 rings (SSSR count). The molecule has 1 aliphatic carbocycles. The number of amidine groups is 1. The van der Waals surface area contributed by atoms with E-state index < -0.39 is 0 Å². The molecule has 1 saturated heterocycles. The van der Waals surface area contributed by atoms with Crippen molar-refractivity contribution in [1.82, 2.24) is 5.32 Å². The summed E-state index contributed by atoms with van der Waals surface area (Å²) in [6, 6.07) is 1.20. The number of aliphatic imine (C=N–C) groups is 1. The van der Waals surface area contributed by atoms with Crippen molar-refractivity contribution in [2.75, 3.05) is 5.75 Å². The number of nitrogens with one attached hydrogen (secondary N) is 1. The summed E-state index contributed by atoms with van der Waals surface area (Å²) >= 11 is 1.89. The van der Waals surface area contributed by atoms with Crippen LogP contribution in [0.2, 0.25) is 0 Å². The van der Waals surface area contributed by atoms with Gasteiger partial charge in [-0.25, -0.2) is 0 Å². The lowest BCUT2D eigenvalue weighted by atomic mass is 10.0. The Kier molecular flexibility index (Phi) is 3.02. The Morgan fingerprint density at radius 3 is 2.67 bits per heavy atom. The van der Waals surface area contributed by atoms with E-state index >= 15 is 0 Å². The van der Waals surface area contributed by atoms with Crippen molar-refractivity contribution in [3.8, 4) is 0 Å². The molecule has 2 unspecified atom stereocenters. The van der Waals surface area contributed by atoms with Crippen molar-refractivity contribution in [1.29, 1.82) is 0 Å². The summed E-state index contributed by atoms with van der Waals surface area (Å²) in [7, 11) is 0. The molecule has 86 valence electrons. The molecule has 1 saturated carbocycles. The Bertz CT molecular complexity index is 271. The van der Waals surface area contributed by atoms with E-state index in [9.17, 15) is 0 Å². The molecule has 0 aromatic rings. The molecule has 0 bridgehead atoms. The zero-order chi connectivity index (χ0) is 11.1. The van der Waals surface area contributed by atoms with Crippen LogP contribution in [-0.2, 0) is 0 Å². The molecule has 0 amide bonds. The summed E-state index contributed by atoms with van der Waals surface area (Å²) in [5.41, 5.74) is 0.458. The highest BCUT2D eigenvalue weighted by Gasteiger charge is 2.46. The lowest BCUT2D eigenvalue weighted by Crippen LogP contribution is -2.41. The first-order chi connectivity index (χ1) is 6.99. The Balaban J connectivity index is 1.93. The smallest absolute Gasteiger partial charge is 0.157 e. The third kappa shape index (κ3) is 2.68. The molecule has 0 spiro atoms. The highest BCUT2D eigenvalue weighted by molar-refractivity contribution is 8.13. The summed E-state index contributed by atoms with van der Waals surface area (Å²) in [5.74, 6) is 1.94. The van der Waals surface area contributed by atoms with Gasteiger partial charge in [0.25, 0.3) is 0 Å². The van der Waals surface area contributed by atoms with E-state index in [2.05, 4.69) is 33.0 Å². The number of rotatable bonds is 2. The van der Waals surface area contributed by atoms with Crippen LogP contribution in [0, 0.1) is 11.3 Å². The molecule has 2 nitrogen and oxygen atoms in total. The van der Waals surface area contributed by atoms with Gasteiger partial charge in [0.1, 0.15) is 0 Å². The normalized spacial score (nSPS) is 36.7. The lowest BCUT2D eigenvalue weighted by molar-refractivity contribution is 0.442. The second-order valence-corrected chi connectivity index (χ2v) is 6.86. The van der Waals surface area contributed by atoms with Crippen LogP contribution in [0.3, 0.4) is 0 Å². The lowest BCUT2D eigenvalue weighted by Gasteiger charge is -2.28. The van der Waals surface area contributed by atoms with E-state index in [1.807, 2.05) is 11.8 Å². The fraction of sp³-hybridized carbons (Fsp3) is 0.917. The first kappa shape index (κ1) is 11.3. The summed E-state index contributed by atoms with van der Waals surface area (Å²) in [6.45, 7) is 9.17. The number of hydrogen-bond donors (Lipinski definition) is 1. The number of nitrogens with zero attached hydrogens (tertiary/aromatic N) is 1. The maximum atomic E-state index is 4.80. The largest absolute Gasteiger partial charge is 0.362 e. The van der Waals surface area contributed by atoms with E-state index in [0.717, 1.165) is 0 Å². The van der Waals surface area contributed by atoms with Crippen molar-refractivity contribution in [2.45, 2.75) is 52.6 Å². The van der Waals surface area contributed by atoms with Crippen LogP contribution in [0.15, 0.2) is 4.99 Å². The van der Waals surface area contributed by atoms with Gasteiger partial charge in [-0.15, -0.1) is 0 Å². The van der Waals surface area contributed by atoms with Crippen LogP contribution in [-0.4, -0.2) is 23.0 Å². The molecule has 1 aliphatic heterocycles. The highest BCUT2D eigenvalue weighted by atomic mass is 32.2. The molecule has 2 fully saturated rings. The van der Waals surface area contributed by atoms with Crippen molar-refractivity contribution in [2.24, 2.45) is 16.3 Å². The maximum absolute atomic E-state index is 4.80. The van der Waals surface area contributed by atoms with Crippen molar-refractivity contribution < 1.29 is 0 Å². The van der Waals surface area contributed by atoms with E-state index in [0.29, 0.717) is 23.4 Å². The minimum Gasteiger partial charge on any atom is -0.362 e. The molecule has 1 N–H and O–H groups in total. The van der Waals surface area contributed by atoms with Crippen LogP contribution in [0.4, 0.5) is 0 Å². The van der Waals surface area contributed by atoms with Gasteiger partial charge in [-0.05, 0) is 24.2 Å². The summed E-state index contributed by atoms with van der Waals surface area (Å²) in [6.07, 6.45) is 2.53. The van der Waals surface area contributed by atoms with Gasteiger partial charge in [0.05, 0.1) is 6.04 Å². The van der Waals surface area contributed by atoms with Crippen LogP contribution < -0.4 is 5.32 Å². The predicted octanol–water partition coefficient (Wildman–Crippen LogP) is 2.89. The average molecular weight is 226 g/mol. The van der Waals surface area contributed by atoms with Gasteiger partial charge in [-0.3, -0.25) is 4.99 Å². The Labute approximate surface area is 97.3 Å². The molecule has 15 heavy (non-hydrogen) atoms. The van der Waals surface area contributed by atoms with Gasteiger partial charge in [-0.1, -0.05) is 39.5 Å². The second kappa shape index (κ2) is 4.00. The van der Waals surface area contributed by atoms with Crippen molar-refractivity contribution in [3.05, 3.63) is 0 Å². The van der Waals surface area contributed by atoms with E-state index in [1.165, 1.54) is 23.8 Å². The summed E-state index contributed by atoms with van der Waals surface area (Å²) < 4.78 is 0. The van der Waals surface area contributed by atoms with E-state index in [4.69, 9.17) is 4.99 Å². The van der Waals surface area contributed by atoms with Gasteiger partial charge in [-0.2, -0.15) is 0 Å². The van der Waals surface area contributed by atoms with Crippen LogP contribution in [0.25, 0.3) is 0 Å². The molecule has 0 aromatic carbocycles. The summed E-state index contributed by atoms with van der Waals surface area (Å²) in [4.78, 5) is 4.80. The Hall–Kier alpha value is -0.180. The quantitative estimate of drug-likeness (QED) is 0.783. The Morgan fingerprint density at radius 2 is 2.13 bits per heavy atom. The fourth-order valence-electron chi connectivity index (χ4n) is 1.93. The number of hydrogen-bond acceptors (Lipinski definition) is 2. The van der Waals surface area contributed by atoms with Crippen LogP contribution in [0.5, 0.6) is 0 Å². The summed E-state index contributed by atoms with van der Waals surface area (Å²) in [5, 5.41) is 4.77. The first-order valence-electron chi connectivity index (χ1n) is 5.96. The molecule has 1 heterocycles. The van der Waals surface area contributed by atoms with E-state index in [1.54, 1.807) is 0 Å². The fourth-order valence-corrected chi connectivity index (χ4v) is 2.93. The van der Waals surface area contributed by atoms with Gasteiger partial charge in [0.2, 0.25) is 0 Å². The number of thioether (sulfide) groups is 1. The van der Waals surface area contributed by atoms with Crippen LogP contribution in [0.1, 0.15) is 40.5 Å². The minimum atomic E-state index is 0.458. The molecule has 2 atom stereocenters. The SMILES string of the molecule is CC(C)C1CCSC(=NC2CC2(C)C)N1. The molecule has 0 radical (unpaired) electrons. The monoisotopic (exact) mass is 226 g/mol. The van der Waals surface area contributed by atoms with Crippen molar-refractivity contribution in [3.63, 3.8) is 0 Å². The average Bonchev–Trinajstić information content (AvgIpc) is 2.74. The van der Waals surface area contributed by atoms with Gasteiger partial charge in [0.15, 0.2) is 5.17 Å². The highest BCUT2D eigenvalue weighted by Crippen LogP contribution is 2.47. The topological polar surface area (TPSA) is 24.4 Å². The zero-order valence-electron chi connectivity index (χ0n) is 10.2. The van der Waals surface area contributed by atoms with Gasteiger partial charge >= 0.3 is 0 Å². The third-order valence-electron chi connectivity index (χ3n) is 3.52. The molecule has 0 aromatic heterocycles. The van der Waals surface area contributed by atoms with Gasteiger partial charge < -0.3 is 5.32 Å². The predicted molar refractivity (Wildman–Crippen MR) is 68.5 cm³/mol. The Morgan fingerprint density at radius 1 is 1.47 bits per heavy atom. The zero-order valence-corrected chi connectivity index (χ0v) is 11.0. The standard InChI is InChI=1S/C12H22N2S/c1-8(2)9-5-6-15-11(13-9)14-10-7-12(10,3)4/h8-10H,5-7H2,1-4H3,(H,13,14). The first-order valence-corrected chi connectivity index (χ1v) is 6.95. The van der Waals surface area contributed by atoms with E-state index in [-0.39, 0.29) is 0 Å². The minimum absolute atomic E-state index is 0.458. The third-order valence-corrected chi connectivity index (χ3v) is 4.45. The maximum Gasteiger partial charge on any atom is 0.157 e. The molecule has 3 heteroatoms.